The summed E-state index contributed by atoms with van der Waals surface area (Å²) in [5, 5.41) is 11.5. The molecule has 0 radical (unpaired) electrons. The van der Waals surface area contributed by atoms with Crippen LogP contribution in [0.15, 0.2) is 42.7 Å². The number of benzene rings is 2. The van der Waals surface area contributed by atoms with E-state index >= 15 is 0 Å². The van der Waals surface area contributed by atoms with E-state index < -0.39 is 29.3 Å². The standard InChI is InChI=1S/C36H45F3N6O3/c1-7-23-11-26(41-33(47)48-34(3,4)5)19-44(17-23)18-24-12-28-29(30(13-24)36(37,38)39)20-45(31(28)46)27-10-8-9-25(14-27)35(15-22(2)16-35)32-42-40-21-43(32)6/h8-10,12-14,21-23,26H,7,11,15-20H2,1-6H3,(H,41,47)/t22?,23-,26+,35?/m1/s1. The van der Waals surface area contributed by atoms with E-state index in [1.54, 1.807) is 39.2 Å². The number of amides is 2. The summed E-state index contributed by atoms with van der Waals surface area (Å²) >= 11 is 0. The summed E-state index contributed by atoms with van der Waals surface area (Å²) in [6, 6.07) is 10.2. The molecule has 3 heterocycles. The lowest BCUT2D eigenvalue weighted by atomic mass is 9.58. The number of likely N-dealkylation sites (tertiary alicyclic amines) is 1. The Morgan fingerprint density at radius 3 is 2.50 bits per heavy atom. The SMILES string of the molecule is CC[C@@H]1C[C@H](NC(=O)OC(C)(C)C)CN(Cc2cc3c(c(C(F)(F)F)c2)CN(c2cccc(C4(c5nncn5C)CC(C)C4)c2)C3=O)C1. The Kier molecular flexibility index (Phi) is 8.85. The van der Waals surface area contributed by atoms with Gasteiger partial charge in [-0.2, -0.15) is 13.2 Å². The van der Waals surface area contributed by atoms with Crippen molar-refractivity contribution in [2.24, 2.45) is 18.9 Å². The fourth-order valence-corrected chi connectivity index (χ4v) is 7.95. The maximum absolute atomic E-state index is 14.6. The second-order valence-corrected chi connectivity index (χ2v) is 15.0. The highest BCUT2D eigenvalue weighted by Gasteiger charge is 2.48. The number of hydrogen-bond acceptors (Lipinski definition) is 6. The molecular formula is C36H45F3N6O3. The van der Waals surface area contributed by atoms with Crippen LogP contribution in [0.25, 0.3) is 0 Å². The first-order valence-corrected chi connectivity index (χ1v) is 16.8. The number of ether oxygens (including phenoxy) is 1. The lowest BCUT2D eigenvalue weighted by molar-refractivity contribution is -0.138. The van der Waals surface area contributed by atoms with Crippen molar-refractivity contribution in [1.82, 2.24) is 25.0 Å². The minimum absolute atomic E-state index is 0.00326. The predicted molar refractivity (Wildman–Crippen MR) is 175 cm³/mol. The molecule has 1 N–H and O–H groups in total. The van der Waals surface area contributed by atoms with Gasteiger partial charge < -0.3 is 19.5 Å². The summed E-state index contributed by atoms with van der Waals surface area (Å²) in [7, 11) is 1.91. The number of fused-ring (bicyclic) bond motifs is 1. The van der Waals surface area contributed by atoms with Crippen LogP contribution in [0.5, 0.6) is 0 Å². The Bertz CT molecular complexity index is 1690. The summed E-state index contributed by atoms with van der Waals surface area (Å²) in [6.45, 7) is 10.8. The average molecular weight is 667 g/mol. The van der Waals surface area contributed by atoms with Crippen molar-refractivity contribution in [3.05, 3.63) is 76.4 Å². The van der Waals surface area contributed by atoms with Crippen LogP contribution < -0.4 is 10.2 Å². The van der Waals surface area contributed by atoms with Gasteiger partial charge >= 0.3 is 12.3 Å². The Morgan fingerprint density at radius 1 is 1.12 bits per heavy atom. The summed E-state index contributed by atoms with van der Waals surface area (Å²) in [5.74, 6) is 1.12. The number of nitrogens with one attached hydrogen (secondary N) is 1. The smallest absolute Gasteiger partial charge is 0.416 e. The van der Waals surface area contributed by atoms with E-state index in [1.807, 2.05) is 29.8 Å². The van der Waals surface area contributed by atoms with Crippen molar-refractivity contribution in [3.8, 4) is 0 Å². The number of alkyl halides is 3. The number of carbonyl (C=O) groups is 2. The number of hydrogen-bond donors (Lipinski definition) is 1. The molecule has 2 fully saturated rings. The van der Waals surface area contributed by atoms with Crippen LogP contribution >= 0.6 is 0 Å². The van der Waals surface area contributed by atoms with Gasteiger partial charge in [-0.25, -0.2) is 4.79 Å². The van der Waals surface area contributed by atoms with E-state index in [1.165, 1.54) is 11.0 Å². The first kappa shape index (κ1) is 34.0. The molecule has 12 heteroatoms. The maximum atomic E-state index is 14.6. The molecule has 258 valence electrons. The van der Waals surface area contributed by atoms with Gasteiger partial charge in [0.15, 0.2) is 0 Å². The van der Waals surface area contributed by atoms with Crippen molar-refractivity contribution in [1.29, 1.82) is 0 Å². The number of alkyl carbamates (subject to hydrolysis) is 1. The molecule has 3 aromatic rings. The third-order valence-electron chi connectivity index (χ3n) is 9.97. The number of rotatable bonds is 7. The van der Waals surface area contributed by atoms with E-state index in [0.29, 0.717) is 30.3 Å². The fraction of sp³-hybridized carbons (Fsp3) is 0.556. The maximum Gasteiger partial charge on any atom is 0.416 e. The van der Waals surface area contributed by atoms with Crippen LogP contribution in [0.4, 0.5) is 23.7 Å². The number of piperidine rings is 1. The van der Waals surface area contributed by atoms with Crippen molar-refractivity contribution in [2.75, 3.05) is 18.0 Å². The molecule has 1 saturated carbocycles. The van der Waals surface area contributed by atoms with Gasteiger partial charge in [-0.3, -0.25) is 9.69 Å². The zero-order valence-corrected chi connectivity index (χ0v) is 28.5. The van der Waals surface area contributed by atoms with Gasteiger partial charge in [0.2, 0.25) is 0 Å². The average Bonchev–Trinajstić information content (AvgIpc) is 3.56. The topological polar surface area (TPSA) is 92.6 Å². The van der Waals surface area contributed by atoms with Gasteiger partial charge in [0.05, 0.1) is 17.5 Å². The Labute approximate surface area is 279 Å². The second-order valence-electron chi connectivity index (χ2n) is 15.0. The molecular weight excluding hydrogens is 621 g/mol. The number of nitrogens with zero attached hydrogens (tertiary/aromatic N) is 5. The number of anilines is 1. The Balaban J connectivity index is 1.27. The molecule has 2 aromatic carbocycles. The molecule has 0 bridgehead atoms. The zero-order valence-electron chi connectivity index (χ0n) is 28.5. The van der Waals surface area contributed by atoms with Gasteiger partial charge in [-0.15, -0.1) is 10.2 Å². The molecule has 3 aliphatic rings. The highest BCUT2D eigenvalue weighted by molar-refractivity contribution is 6.10. The fourth-order valence-electron chi connectivity index (χ4n) is 7.95. The van der Waals surface area contributed by atoms with Crippen LogP contribution in [-0.2, 0) is 36.5 Å². The molecule has 9 nitrogen and oxygen atoms in total. The molecule has 2 amide bonds. The monoisotopic (exact) mass is 666 g/mol. The largest absolute Gasteiger partial charge is 0.444 e. The Morgan fingerprint density at radius 2 is 1.88 bits per heavy atom. The molecule has 2 aliphatic heterocycles. The Hall–Kier alpha value is -3.93. The van der Waals surface area contributed by atoms with E-state index in [4.69, 9.17) is 4.74 Å². The van der Waals surface area contributed by atoms with Crippen LogP contribution in [0.1, 0.15) is 98.7 Å². The molecule has 0 spiro atoms. The summed E-state index contributed by atoms with van der Waals surface area (Å²) in [5.41, 5.74) is 0.231. The highest BCUT2D eigenvalue weighted by atomic mass is 19.4. The first-order chi connectivity index (χ1) is 22.6. The zero-order chi connectivity index (χ0) is 34.6. The van der Waals surface area contributed by atoms with Crippen molar-refractivity contribution in [3.63, 3.8) is 0 Å². The van der Waals surface area contributed by atoms with E-state index in [9.17, 15) is 22.8 Å². The molecule has 1 saturated heterocycles. The molecule has 0 unspecified atom stereocenters. The minimum Gasteiger partial charge on any atom is -0.444 e. The van der Waals surface area contributed by atoms with Crippen LogP contribution in [0, 0.1) is 11.8 Å². The van der Waals surface area contributed by atoms with Gasteiger partial charge in [0.1, 0.15) is 17.8 Å². The highest BCUT2D eigenvalue weighted by Crippen LogP contribution is 2.52. The van der Waals surface area contributed by atoms with Gasteiger partial charge in [-0.05, 0) is 92.8 Å². The van der Waals surface area contributed by atoms with Crippen molar-refractivity contribution in [2.45, 2.75) is 96.6 Å². The lowest BCUT2D eigenvalue weighted by Gasteiger charge is -2.46. The number of halogens is 3. The molecule has 1 aliphatic carbocycles. The molecule has 2 atom stereocenters. The third kappa shape index (κ3) is 6.68. The van der Waals surface area contributed by atoms with Gasteiger partial charge in [0.25, 0.3) is 5.91 Å². The normalized spacial score (nSPS) is 24.7. The van der Waals surface area contributed by atoms with E-state index in [2.05, 4.69) is 34.3 Å². The molecule has 6 rings (SSSR count). The molecule has 48 heavy (non-hydrogen) atoms. The van der Waals surface area contributed by atoms with Crippen LogP contribution in [0.2, 0.25) is 0 Å². The molecule has 1 aromatic heterocycles. The third-order valence-corrected chi connectivity index (χ3v) is 9.97. The summed E-state index contributed by atoms with van der Waals surface area (Å²) < 4.78 is 51.2. The van der Waals surface area contributed by atoms with E-state index in [-0.39, 0.29) is 41.6 Å². The summed E-state index contributed by atoms with van der Waals surface area (Å²) in [6.07, 6.45) is -0.123. The second kappa shape index (κ2) is 12.5. The van der Waals surface area contributed by atoms with Crippen LogP contribution in [0.3, 0.4) is 0 Å². The van der Waals surface area contributed by atoms with E-state index in [0.717, 1.165) is 37.1 Å². The number of carbonyl (C=O) groups excluding carboxylic acids is 2. The summed E-state index contributed by atoms with van der Waals surface area (Å²) in [4.78, 5) is 30.0. The minimum atomic E-state index is -4.63. The van der Waals surface area contributed by atoms with Gasteiger partial charge in [-0.1, -0.05) is 32.4 Å². The first-order valence-electron chi connectivity index (χ1n) is 16.8. The lowest BCUT2D eigenvalue weighted by Crippen LogP contribution is -2.51. The predicted octanol–water partition coefficient (Wildman–Crippen LogP) is 6.84. The number of aryl methyl sites for hydroxylation is 1. The number of aromatic nitrogens is 3. The van der Waals surface area contributed by atoms with Crippen molar-refractivity contribution >= 4 is 17.7 Å². The quantitative estimate of drug-likeness (QED) is 0.297. The van der Waals surface area contributed by atoms with Crippen molar-refractivity contribution < 1.29 is 27.5 Å². The van der Waals surface area contributed by atoms with Crippen LogP contribution in [-0.4, -0.2) is 56.4 Å². The van der Waals surface area contributed by atoms with Gasteiger partial charge in [0, 0.05) is 44.0 Å².